The number of aryl methyl sites for hydroxylation is 1. The Kier molecular flexibility index (Phi) is 2.41. The molecule has 0 spiro atoms. The van der Waals surface area contributed by atoms with Crippen LogP contribution in [-0.4, -0.2) is 14.8 Å². The van der Waals surface area contributed by atoms with Crippen LogP contribution >= 0.6 is 31.6 Å². The van der Waals surface area contributed by atoms with Gasteiger partial charge in [-0.15, -0.1) is 12.6 Å². The molecule has 7 heteroatoms. The molecule has 1 rings (SSSR count). The Labute approximate surface area is 72.9 Å². The predicted molar refractivity (Wildman–Crippen MR) is 45.8 cm³/mol. The fourth-order valence-electron chi connectivity index (χ4n) is 0.645. The second-order valence-corrected chi connectivity index (χ2v) is 5.49. The van der Waals surface area contributed by atoms with Gasteiger partial charge >= 0.3 is 7.60 Å². The summed E-state index contributed by atoms with van der Waals surface area (Å²) in [6, 6.07) is 0. The van der Waals surface area contributed by atoms with Gasteiger partial charge in [-0.1, -0.05) is 11.3 Å². The van der Waals surface area contributed by atoms with Crippen molar-refractivity contribution in [2.75, 3.05) is 0 Å². The van der Waals surface area contributed by atoms with Crippen LogP contribution in [0.4, 0.5) is 0 Å². The Hall–Kier alpha value is 0.130. The van der Waals surface area contributed by atoms with Crippen LogP contribution in [0.5, 0.6) is 0 Å². The molecule has 0 saturated heterocycles. The first-order valence-corrected chi connectivity index (χ1v) is 5.51. The van der Waals surface area contributed by atoms with Gasteiger partial charge in [0, 0.05) is 0 Å². The molecule has 0 aliphatic carbocycles. The van der Waals surface area contributed by atoms with Gasteiger partial charge in [0.1, 0.15) is 8.96 Å². The van der Waals surface area contributed by atoms with E-state index in [1.54, 1.807) is 6.92 Å². The van der Waals surface area contributed by atoms with E-state index in [9.17, 15) is 4.57 Å². The van der Waals surface area contributed by atoms with Gasteiger partial charge in [-0.05, 0) is 6.92 Å². The van der Waals surface area contributed by atoms with Gasteiger partial charge in [-0.25, -0.2) is 4.98 Å². The number of hydrogen-bond acceptors (Lipinski definition) is 4. The van der Waals surface area contributed by atoms with Crippen LogP contribution in [0.2, 0.25) is 0 Å². The maximum atomic E-state index is 10.7. The van der Waals surface area contributed by atoms with E-state index in [0.29, 0.717) is 10.0 Å². The zero-order chi connectivity index (χ0) is 8.65. The topological polar surface area (TPSA) is 70.4 Å². The van der Waals surface area contributed by atoms with Crippen LogP contribution in [0.3, 0.4) is 0 Å². The molecule has 0 aliphatic heterocycles. The van der Waals surface area contributed by atoms with E-state index in [2.05, 4.69) is 17.6 Å². The molecule has 0 unspecified atom stereocenters. The van der Waals surface area contributed by atoms with Crippen LogP contribution in [0.1, 0.15) is 5.69 Å². The third-order valence-corrected chi connectivity index (χ3v) is 4.00. The minimum Gasteiger partial charge on any atom is -0.320 e. The predicted octanol–water partition coefficient (Wildman–Crippen LogP) is 0.543. The molecule has 11 heavy (non-hydrogen) atoms. The molecule has 1 aromatic rings. The summed E-state index contributed by atoms with van der Waals surface area (Å²) in [4.78, 5) is 21.2. The lowest BCUT2D eigenvalue weighted by Gasteiger charge is -1.98. The lowest BCUT2D eigenvalue weighted by atomic mass is 10.6. The van der Waals surface area contributed by atoms with E-state index in [4.69, 9.17) is 9.79 Å². The van der Waals surface area contributed by atoms with E-state index in [0.717, 1.165) is 11.3 Å². The molecule has 2 N–H and O–H groups in total. The van der Waals surface area contributed by atoms with Crippen LogP contribution in [0, 0.1) is 6.92 Å². The molecule has 0 fully saturated rings. The number of thiol groups is 1. The molecule has 62 valence electrons. The molecule has 1 heterocycles. The number of rotatable bonds is 1. The molecule has 0 bridgehead atoms. The summed E-state index contributed by atoms with van der Waals surface area (Å²) in [6.45, 7) is 1.55. The van der Waals surface area contributed by atoms with Gasteiger partial charge in [0.15, 0.2) is 0 Å². The highest BCUT2D eigenvalue weighted by atomic mass is 32.2. The van der Waals surface area contributed by atoms with Crippen molar-refractivity contribution in [1.82, 2.24) is 4.98 Å². The molecule has 1 aromatic heterocycles. The third-order valence-electron chi connectivity index (χ3n) is 1.03. The molecule has 0 aliphatic rings. The summed E-state index contributed by atoms with van der Waals surface area (Å²) in [5.41, 5.74) is 0.355. The Bertz CT molecular complexity index is 317. The Morgan fingerprint density at radius 3 is 2.36 bits per heavy atom. The normalized spacial score (nSPS) is 12.0. The molecular formula is C4H6NO3PS2. The monoisotopic (exact) mass is 211 g/mol. The van der Waals surface area contributed by atoms with Gasteiger partial charge in [0.25, 0.3) is 0 Å². The molecule has 4 nitrogen and oxygen atoms in total. The maximum Gasteiger partial charge on any atom is 0.368 e. The summed E-state index contributed by atoms with van der Waals surface area (Å²) >= 11 is 4.78. The fraction of sp³-hybridized carbons (Fsp3) is 0.250. The maximum absolute atomic E-state index is 10.7. The molecule has 0 atom stereocenters. The first-order chi connectivity index (χ1) is 4.91. The number of hydrogen-bond donors (Lipinski definition) is 3. The highest BCUT2D eigenvalue weighted by molar-refractivity contribution is 7.83. The van der Waals surface area contributed by atoms with Gasteiger partial charge < -0.3 is 9.79 Å². The van der Waals surface area contributed by atoms with Gasteiger partial charge in [0.2, 0.25) is 0 Å². The van der Waals surface area contributed by atoms with Crippen molar-refractivity contribution in [3.8, 4) is 0 Å². The van der Waals surface area contributed by atoms with Crippen molar-refractivity contribution < 1.29 is 14.4 Å². The lowest BCUT2D eigenvalue weighted by molar-refractivity contribution is 0.388. The van der Waals surface area contributed by atoms with E-state index in [1.165, 1.54) is 0 Å². The summed E-state index contributed by atoms with van der Waals surface area (Å²) in [5.74, 6) is 0. The second-order valence-electron chi connectivity index (χ2n) is 1.93. The first-order valence-electron chi connectivity index (χ1n) is 2.64. The average Bonchev–Trinajstić information content (AvgIpc) is 2.08. The van der Waals surface area contributed by atoms with Gasteiger partial charge in [0.05, 0.1) is 5.69 Å². The minimum atomic E-state index is -4.13. The van der Waals surface area contributed by atoms with E-state index < -0.39 is 7.60 Å². The second kappa shape index (κ2) is 2.88. The van der Waals surface area contributed by atoms with Gasteiger partial charge in [-0.2, -0.15) is 0 Å². The van der Waals surface area contributed by atoms with Crippen molar-refractivity contribution in [2.24, 2.45) is 0 Å². The first kappa shape index (κ1) is 9.22. The molecule has 0 amide bonds. The van der Waals surface area contributed by atoms with Crippen molar-refractivity contribution in [3.05, 3.63) is 5.69 Å². The zero-order valence-corrected chi connectivity index (χ0v) is 8.16. The van der Waals surface area contributed by atoms with Crippen molar-refractivity contribution in [1.29, 1.82) is 0 Å². The van der Waals surface area contributed by atoms with E-state index in [1.807, 2.05) is 0 Å². The largest absolute Gasteiger partial charge is 0.368 e. The van der Waals surface area contributed by atoms with Gasteiger partial charge in [-0.3, -0.25) is 4.57 Å². The Morgan fingerprint density at radius 1 is 1.64 bits per heavy atom. The Balaban J connectivity index is 3.24. The quantitative estimate of drug-likeness (QED) is 0.468. The van der Waals surface area contributed by atoms with Crippen molar-refractivity contribution in [3.63, 3.8) is 0 Å². The van der Waals surface area contributed by atoms with Crippen LogP contribution in [0.15, 0.2) is 4.34 Å². The van der Waals surface area contributed by atoms with E-state index >= 15 is 0 Å². The van der Waals surface area contributed by atoms with E-state index in [-0.39, 0.29) is 4.62 Å². The molecule has 0 aromatic carbocycles. The third kappa shape index (κ3) is 2.04. The molecular weight excluding hydrogens is 205 g/mol. The highest BCUT2D eigenvalue weighted by Crippen LogP contribution is 2.37. The smallest absolute Gasteiger partial charge is 0.320 e. The summed E-state index contributed by atoms with van der Waals surface area (Å²) in [6.07, 6.45) is 0. The number of nitrogens with zero attached hydrogens (tertiary/aromatic N) is 1. The molecule has 0 saturated carbocycles. The SMILES string of the molecule is Cc1nc(S)sc1P(=O)(O)O. The number of aromatic nitrogens is 1. The van der Waals surface area contributed by atoms with Crippen molar-refractivity contribution in [2.45, 2.75) is 11.3 Å². The van der Waals surface area contributed by atoms with Crippen LogP contribution in [-0.2, 0) is 4.57 Å². The fourth-order valence-corrected chi connectivity index (χ4v) is 3.04. The summed E-state index contributed by atoms with van der Waals surface area (Å²) in [7, 11) is -4.13. The zero-order valence-electron chi connectivity index (χ0n) is 5.55. The standard InChI is InChI=1S/C4H6NO3PS2/c1-2-3(9(6,7)8)11-4(10)5-2/h1H3,(H,5,10)(H2,6,7,8). The average molecular weight is 211 g/mol. The minimum absolute atomic E-state index is 0.00231. The van der Waals surface area contributed by atoms with Crippen LogP contribution < -0.4 is 4.62 Å². The summed E-state index contributed by atoms with van der Waals surface area (Å²) in [5, 5.41) is 0. The van der Waals surface area contributed by atoms with Crippen LogP contribution in [0.25, 0.3) is 0 Å². The highest BCUT2D eigenvalue weighted by Gasteiger charge is 2.23. The lowest BCUT2D eigenvalue weighted by Crippen LogP contribution is -2.01. The van der Waals surface area contributed by atoms with Crippen molar-refractivity contribution >= 4 is 36.2 Å². The molecule has 0 radical (unpaired) electrons. The summed E-state index contributed by atoms with van der Waals surface area (Å²) < 4.78 is 11.1. The Morgan fingerprint density at radius 2 is 2.18 bits per heavy atom. The number of thiazole rings is 1.